The van der Waals surface area contributed by atoms with E-state index in [1.54, 1.807) is 0 Å². The molecule has 0 spiro atoms. The Kier molecular flexibility index (Phi) is 4.03. The number of rotatable bonds is 3. The molecule has 0 radical (unpaired) electrons. The van der Waals surface area contributed by atoms with Crippen LogP contribution in [0, 0.1) is 5.82 Å². The summed E-state index contributed by atoms with van der Waals surface area (Å²) in [6.07, 6.45) is 0. The van der Waals surface area contributed by atoms with Crippen LogP contribution in [0.1, 0.15) is 10.4 Å². The molecular weight excluding hydrogens is 279 g/mol. The lowest BCUT2D eigenvalue weighted by Gasteiger charge is -2.09. The van der Waals surface area contributed by atoms with Crippen LogP contribution in [0.15, 0.2) is 42.5 Å². The summed E-state index contributed by atoms with van der Waals surface area (Å²) in [5, 5.41) is 23.1. The van der Waals surface area contributed by atoms with Crippen LogP contribution in [0.25, 0.3) is 0 Å². The zero-order valence-electron chi connectivity index (χ0n) is 10.6. The van der Waals surface area contributed by atoms with Gasteiger partial charge in [-0.05, 0) is 36.4 Å². The second-order valence-corrected chi connectivity index (χ2v) is 4.13. The average Bonchev–Trinajstić information content (AvgIpc) is 2.40. The fraction of sp³-hybridized carbons (Fsp3) is 0. The summed E-state index contributed by atoms with van der Waals surface area (Å²) in [4.78, 5) is 22.4. The van der Waals surface area contributed by atoms with E-state index in [2.05, 4.69) is 10.6 Å². The predicted molar refractivity (Wildman–Crippen MR) is 74.1 cm³/mol. The summed E-state index contributed by atoms with van der Waals surface area (Å²) < 4.78 is 13.0. The Hall–Kier alpha value is -3.09. The number of nitrogens with one attached hydrogen (secondary N) is 2. The molecule has 0 saturated carbocycles. The molecule has 0 heterocycles. The molecule has 0 aliphatic heterocycles. The van der Waals surface area contributed by atoms with Gasteiger partial charge in [0, 0.05) is 5.69 Å². The van der Waals surface area contributed by atoms with Crippen LogP contribution in [0.3, 0.4) is 0 Å². The molecule has 0 aromatic heterocycles. The largest absolute Gasteiger partial charge is 0.506 e. The number of phenols is 1. The highest BCUT2D eigenvalue weighted by atomic mass is 19.1. The second-order valence-electron chi connectivity index (χ2n) is 4.13. The molecule has 0 bridgehead atoms. The fourth-order valence-corrected chi connectivity index (χ4v) is 1.62. The van der Waals surface area contributed by atoms with E-state index in [1.807, 2.05) is 0 Å². The van der Waals surface area contributed by atoms with Gasteiger partial charge in [0.1, 0.15) is 11.6 Å². The maximum absolute atomic E-state index is 13.0. The van der Waals surface area contributed by atoms with Crippen LogP contribution in [0.5, 0.6) is 5.75 Å². The van der Waals surface area contributed by atoms with E-state index in [0.29, 0.717) is 0 Å². The highest BCUT2D eigenvalue weighted by Gasteiger charge is 2.10. The van der Waals surface area contributed by atoms with Crippen LogP contribution in [-0.4, -0.2) is 22.2 Å². The Balaban J connectivity index is 2.08. The third-order valence-corrected chi connectivity index (χ3v) is 2.58. The van der Waals surface area contributed by atoms with Crippen molar-refractivity contribution in [3.63, 3.8) is 0 Å². The number of amides is 2. The van der Waals surface area contributed by atoms with Gasteiger partial charge in [0.25, 0.3) is 0 Å². The molecule has 7 heteroatoms. The van der Waals surface area contributed by atoms with Gasteiger partial charge in [-0.2, -0.15) is 0 Å². The zero-order valence-corrected chi connectivity index (χ0v) is 10.6. The molecule has 2 aromatic carbocycles. The molecule has 0 aliphatic carbocycles. The molecule has 2 aromatic rings. The molecule has 108 valence electrons. The van der Waals surface area contributed by atoms with E-state index < -0.39 is 17.8 Å². The highest BCUT2D eigenvalue weighted by molar-refractivity contribution is 6.01. The Morgan fingerprint density at radius 3 is 2.43 bits per heavy atom. The number of carbonyl (C=O) groups is 2. The lowest BCUT2D eigenvalue weighted by Crippen LogP contribution is -2.19. The van der Waals surface area contributed by atoms with E-state index in [-0.39, 0.29) is 22.7 Å². The number of carboxylic acids is 1. The molecule has 21 heavy (non-hydrogen) atoms. The van der Waals surface area contributed by atoms with E-state index >= 15 is 0 Å². The summed E-state index contributed by atoms with van der Waals surface area (Å²) in [5.41, 5.74) is 0.173. The van der Waals surface area contributed by atoms with Crippen molar-refractivity contribution in [1.82, 2.24) is 0 Å². The minimum Gasteiger partial charge on any atom is -0.506 e. The predicted octanol–water partition coefficient (Wildman–Crippen LogP) is 2.87. The topological polar surface area (TPSA) is 98.7 Å². The van der Waals surface area contributed by atoms with E-state index in [0.717, 1.165) is 12.1 Å². The SMILES string of the molecule is O=C(Nc1cccc(F)c1)Nc1ccc(C(=O)O)cc1O. The molecule has 0 saturated heterocycles. The first-order valence-electron chi connectivity index (χ1n) is 5.85. The van der Waals surface area contributed by atoms with Gasteiger partial charge in [-0.3, -0.25) is 0 Å². The van der Waals surface area contributed by atoms with E-state index in [1.165, 1.54) is 30.3 Å². The lowest BCUT2D eigenvalue weighted by atomic mass is 10.2. The summed E-state index contributed by atoms with van der Waals surface area (Å²) in [6, 6.07) is 8.11. The molecule has 2 amide bonds. The molecule has 4 N–H and O–H groups in total. The normalized spacial score (nSPS) is 9.95. The Bertz CT molecular complexity index is 703. The van der Waals surface area contributed by atoms with Crippen LogP contribution < -0.4 is 10.6 Å². The third kappa shape index (κ3) is 3.69. The van der Waals surface area contributed by atoms with Crippen molar-refractivity contribution in [2.24, 2.45) is 0 Å². The number of carboxylic acid groups (broad SMARTS) is 1. The number of carbonyl (C=O) groups excluding carboxylic acids is 1. The van der Waals surface area contributed by atoms with Gasteiger partial charge in [-0.1, -0.05) is 6.07 Å². The number of anilines is 2. The summed E-state index contributed by atoms with van der Waals surface area (Å²) in [7, 11) is 0. The van der Waals surface area contributed by atoms with Gasteiger partial charge < -0.3 is 20.8 Å². The second kappa shape index (κ2) is 5.91. The maximum Gasteiger partial charge on any atom is 0.335 e. The Labute approximate surface area is 118 Å². The van der Waals surface area contributed by atoms with Gasteiger partial charge in [0.2, 0.25) is 0 Å². The number of benzene rings is 2. The number of urea groups is 1. The molecule has 0 fully saturated rings. The van der Waals surface area contributed by atoms with Crippen LogP contribution in [0.4, 0.5) is 20.6 Å². The van der Waals surface area contributed by atoms with Gasteiger partial charge in [0.05, 0.1) is 11.3 Å². The van der Waals surface area contributed by atoms with E-state index in [4.69, 9.17) is 5.11 Å². The summed E-state index contributed by atoms with van der Waals surface area (Å²) >= 11 is 0. The van der Waals surface area contributed by atoms with Crippen molar-refractivity contribution in [3.05, 3.63) is 53.8 Å². The first-order valence-corrected chi connectivity index (χ1v) is 5.85. The monoisotopic (exact) mass is 290 g/mol. The van der Waals surface area contributed by atoms with Gasteiger partial charge in [-0.15, -0.1) is 0 Å². The number of hydrogen-bond donors (Lipinski definition) is 4. The summed E-state index contributed by atoms with van der Waals surface area (Å²) in [5.74, 6) is -2.08. The molecule has 2 rings (SSSR count). The Morgan fingerprint density at radius 2 is 1.81 bits per heavy atom. The van der Waals surface area contributed by atoms with Gasteiger partial charge >= 0.3 is 12.0 Å². The van der Waals surface area contributed by atoms with Crippen LogP contribution in [0.2, 0.25) is 0 Å². The Morgan fingerprint density at radius 1 is 1.05 bits per heavy atom. The van der Waals surface area contributed by atoms with Crippen LogP contribution in [-0.2, 0) is 0 Å². The number of aromatic hydroxyl groups is 1. The molecule has 0 atom stereocenters. The minimum atomic E-state index is -1.19. The smallest absolute Gasteiger partial charge is 0.335 e. The number of aromatic carboxylic acids is 1. The number of halogens is 1. The van der Waals surface area contributed by atoms with Gasteiger partial charge in [-0.25, -0.2) is 14.0 Å². The molecule has 0 aliphatic rings. The van der Waals surface area contributed by atoms with Gasteiger partial charge in [0.15, 0.2) is 0 Å². The summed E-state index contributed by atoms with van der Waals surface area (Å²) in [6.45, 7) is 0. The van der Waals surface area contributed by atoms with Crippen molar-refractivity contribution < 1.29 is 24.2 Å². The van der Waals surface area contributed by atoms with Crippen molar-refractivity contribution in [2.75, 3.05) is 10.6 Å². The van der Waals surface area contributed by atoms with Crippen molar-refractivity contribution >= 4 is 23.4 Å². The molecule has 0 unspecified atom stereocenters. The van der Waals surface area contributed by atoms with Crippen molar-refractivity contribution in [1.29, 1.82) is 0 Å². The number of phenolic OH excluding ortho intramolecular Hbond substituents is 1. The first-order chi connectivity index (χ1) is 9.95. The first kappa shape index (κ1) is 14.3. The van der Waals surface area contributed by atoms with E-state index in [9.17, 15) is 19.1 Å². The number of hydrogen-bond acceptors (Lipinski definition) is 3. The maximum atomic E-state index is 13.0. The third-order valence-electron chi connectivity index (χ3n) is 2.58. The zero-order chi connectivity index (χ0) is 15.4. The highest BCUT2D eigenvalue weighted by Crippen LogP contribution is 2.24. The van der Waals surface area contributed by atoms with Crippen molar-refractivity contribution in [3.8, 4) is 5.75 Å². The molecule has 6 nitrogen and oxygen atoms in total. The molecular formula is C14H11FN2O4. The quantitative estimate of drug-likeness (QED) is 0.653. The minimum absolute atomic E-state index is 0.0360. The fourth-order valence-electron chi connectivity index (χ4n) is 1.62. The lowest BCUT2D eigenvalue weighted by molar-refractivity contribution is 0.0696. The average molecular weight is 290 g/mol. The standard InChI is InChI=1S/C14H11FN2O4/c15-9-2-1-3-10(7-9)16-14(21)17-11-5-4-8(13(19)20)6-12(11)18/h1-7,18H,(H,19,20)(H2,16,17,21). The van der Waals surface area contributed by atoms with Crippen LogP contribution >= 0.6 is 0 Å². The van der Waals surface area contributed by atoms with Crippen molar-refractivity contribution in [2.45, 2.75) is 0 Å².